The molecule has 0 saturated carbocycles. The molecule has 54 heavy (non-hydrogen) atoms. The second kappa shape index (κ2) is 11.6. The Hall–Kier alpha value is -6.84. The molecule has 11 rings (SSSR count). The van der Waals surface area contributed by atoms with Crippen molar-refractivity contribution >= 4 is 60.7 Å². The largest absolute Gasteiger partial charge is 0.310 e. The van der Waals surface area contributed by atoms with E-state index in [1.54, 1.807) is 0 Å². The minimum absolute atomic E-state index is 0.120. The maximum absolute atomic E-state index is 2.49. The third-order valence-electron chi connectivity index (χ3n) is 11.7. The monoisotopic (exact) mass is 691 g/mol. The van der Waals surface area contributed by atoms with Gasteiger partial charge in [0.2, 0.25) is 0 Å². The summed E-state index contributed by atoms with van der Waals surface area (Å²) >= 11 is 0. The maximum atomic E-state index is 2.49. The van der Waals surface area contributed by atoms with Crippen LogP contribution in [0, 0.1) is 0 Å². The molecule has 0 aliphatic heterocycles. The zero-order valence-electron chi connectivity index (χ0n) is 30.2. The van der Waals surface area contributed by atoms with E-state index in [1.165, 1.54) is 65.9 Å². The fourth-order valence-electron chi connectivity index (χ4n) is 9.24. The first-order chi connectivity index (χ1) is 26.6. The van der Waals surface area contributed by atoms with Crippen molar-refractivity contribution in [3.05, 3.63) is 199 Å². The molecule has 0 fully saturated rings. The molecular formula is C51H37N3. The Balaban J connectivity index is 1.27. The average molecular weight is 692 g/mol. The van der Waals surface area contributed by atoms with Gasteiger partial charge in [0.05, 0.1) is 27.8 Å². The summed E-state index contributed by atoms with van der Waals surface area (Å²) in [5, 5.41) is 4.92. The van der Waals surface area contributed by atoms with Crippen molar-refractivity contribution in [2.24, 2.45) is 0 Å². The smallest absolute Gasteiger partial charge is 0.0784 e. The zero-order chi connectivity index (χ0) is 36.0. The molecule has 8 aromatic carbocycles. The highest BCUT2D eigenvalue weighted by Gasteiger charge is 2.36. The first-order valence-corrected chi connectivity index (χ1v) is 18.8. The lowest BCUT2D eigenvalue weighted by molar-refractivity contribution is 0.660. The molecule has 0 bridgehead atoms. The van der Waals surface area contributed by atoms with Crippen LogP contribution < -0.4 is 4.90 Å². The van der Waals surface area contributed by atoms with Crippen molar-refractivity contribution in [1.82, 2.24) is 9.13 Å². The van der Waals surface area contributed by atoms with E-state index in [0.717, 1.165) is 28.4 Å². The van der Waals surface area contributed by atoms with Gasteiger partial charge in [-0.15, -0.1) is 0 Å². The molecule has 3 nitrogen and oxygen atoms in total. The van der Waals surface area contributed by atoms with Crippen molar-refractivity contribution in [1.29, 1.82) is 0 Å². The van der Waals surface area contributed by atoms with Gasteiger partial charge in [-0.3, -0.25) is 0 Å². The molecule has 10 aromatic rings. The van der Waals surface area contributed by atoms with Crippen LogP contribution in [-0.4, -0.2) is 9.13 Å². The molecule has 0 saturated heterocycles. The van der Waals surface area contributed by atoms with Gasteiger partial charge < -0.3 is 14.0 Å². The molecule has 3 heteroatoms. The second-order valence-electron chi connectivity index (χ2n) is 15.0. The van der Waals surface area contributed by atoms with Gasteiger partial charge in [0, 0.05) is 49.7 Å². The van der Waals surface area contributed by atoms with Gasteiger partial charge in [-0.05, 0) is 89.0 Å². The second-order valence-corrected chi connectivity index (χ2v) is 15.0. The standard InChI is InChI=1S/C51H37N3/c1-51(2)44-25-13-9-21-38(44)39-30-29-36(32-45(39)51)52(34-17-5-3-6-18-34)37-31-43-42-24-12-14-26-46(42)53(35-19-7-4-8-20-35)50(43)49(33-37)54-47-27-15-10-22-40(47)41-23-11-16-28-48(41)54/h3-33H,1-2H3. The Morgan fingerprint density at radius 2 is 0.926 bits per heavy atom. The van der Waals surface area contributed by atoms with Crippen LogP contribution in [0.5, 0.6) is 0 Å². The first-order valence-electron chi connectivity index (χ1n) is 18.8. The number of hydrogen-bond donors (Lipinski definition) is 0. The predicted octanol–water partition coefficient (Wildman–Crippen LogP) is 13.7. The van der Waals surface area contributed by atoms with E-state index >= 15 is 0 Å². The van der Waals surface area contributed by atoms with Gasteiger partial charge in [0.15, 0.2) is 0 Å². The summed E-state index contributed by atoms with van der Waals surface area (Å²) < 4.78 is 4.94. The van der Waals surface area contributed by atoms with E-state index in [-0.39, 0.29) is 5.41 Å². The lowest BCUT2D eigenvalue weighted by atomic mass is 9.82. The summed E-state index contributed by atoms with van der Waals surface area (Å²) in [5.74, 6) is 0. The van der Waals surface area contributed by atoms with Crippen LogP contribution in [0.25, 0.3) is 66.1 Å². The van der Waals surface area contributed by atoms with Crippen molar-refractivity contribution in [3.8, 4) is 22.5 Å². The molecule has 0 amide bonds. The topological polar surface area (TPSA) is 13.1 Å². The molecular weight excluding hydrogens is 655 g/mol. The van der Waals surface area contributed by atoms with Gasteiger partial charge >= 0.3 is 0 Å². The van der Waals surface area contributed by atoms with Crippen LogP contribution >= 0.6 is 0 Å². The number of hydrogen-bond acceptors (Lipinski definition) is 1. The third kappa shape index (κ3) is 4.36. The van der Waals surface area contributed by atoms with Crippen LogP contribution in [0.15, 0.2) is 188 Å². The molecule has 0 unspecified atom stereocenters. The number of benzene rings is 8. The summed E-state index contributed by atoms with van der Waals surface area (Å²) in [5.41, 5.74) is 15.6. The third-order valence-corrected chi connectivity index (χ3v) is 11.7. The Morgan fingerprint density at radius 1 is 0.389 bits per heavy atom. The molecule has 0 atom stereocenters. The van der Waals surface area contributed by atoms with E-state index in [1.807, 2.05) is 0 Å². The zero-order valence-corrected chi connectivity index (χ0v) is 30.2. The van der Waals surface area contributed by atoms with E-state index in [2.05, 4.69) is 216 Å². The lowest BCUT2D eigenvalue weighted by Crippen LogP contribution is -2.16. The Morgan fingerprint density at radius 3 is 1.61 bits per heavy atom. The van der Waals surface area contributed by atoms with Gasteiger partial charge in [0.1, 0.15) is 0 Å². The van der Waals surface area contributed by atoms with E-state index in [0.29, 0.717) is 0 Å². The summed E-state index contributed by atoms with van der Waals surface area (Å²) in [6.07, 6.45) is 0. The van der Waals surface area contributed by atoms with Crippen LogP contribution in [0.3, 0.4) is 0 Å². The Labute approximate surface area is 314 Å². The van der Waals surface area contributed by atoms with E-state index < -0.39 is 0 Å². The van der Waals surface area contributed by atoms with Crippen molar-refractivity contribution in [2.45, 2.75) is 19.3 Å². The van der Waals surface area contributed by atoms with Crippen LogP contribution in [0.4, 0.5) is 17.1 Å². The SMILES string of the molecule is CC1(C)c2ccccc2-c2ccc(N(c3ccccc3)c3cc(-n4c5ccccc5c5ccccc54)c4c(c3)c3ccccc3n4-c3ccccc3)cc21. The molecule has 256 valence electrons. The van der Waals surface area contributed by atoms with Crippen LogP contribution in [0.2, 0.25) is 0 Å². The predicted molar refractivity (Wildman–Crippen MR) is 227 cm³/mol. The summed E-state index contributed by atoms with van der Waals surface area (Å²) in [6, 6.07) is 68.9. The highest BCUT2D eigenvalue weighted by Crippen LogP contribution is 2.51. The Kier molecular flexibility index (Phi) is 6.60. The van der Waals surface area contributed by atoms with E-state index in [9.17, 15) is 0 Å². The fraction of sp³-hybridized carbons (Fsp3) is 0.0588. The molecule has 0 radical (unpaired) electrons. The number of rotatable bonds is 5. The minimum atomic E-state index is -0.120. The highest BCUT2D eigenvalue weighted by atomic mass is 15.1. The number of fused-ring (bicyclic) bond motifs is 9. The fourth-order valence-corrected chi connectivity index (χ4v) is 9.24. The number of aromatic nitrogens is 2. The molecule has 0 N–H and O–H groups in total. The number of nitrogens with zero attached hydrogens (tertiary/aromatic N) is 3. The van der Waals surface area contributed by atoms with Gasteiger partial charge in [0.25, 0.3) is 0 Å². The highest BCUT2D eigenvalue weighted by molar-refractivity contribution is 6.16. The quantitative estimate of drug-likeness (QED) is 0.175. The van der Waals surface area contributed by atoms with E-state index in [4.69, 9.17) is 0 Å². The summed E-state index contributed by atoms with van der Waals surface area (Å²) in [6.45, 7) is 4.72. The summed E-state index contributed by atoms with van der Waals surface area (Å²) in [7, 11) is 0. The maximum Gasteiger partial charge on any atom is 0.0784 e. The number of anilines is 3. The number of para-hydroxylation sites is 5. The normalized spacial score (nSPS) is 13.1. The van der Waals surface area contributed by atoms with Crippen molar-refractivity contribution in [2.75, 3.05) is 4.90 Å². The molecule has 2 heterocycles. The first kappa shape index (κ1) is 30.8. The van der Waals surface area contributed by atoms with Gasteiger partial charge in [-0.1, -0.05) is 135 Å². The molecule has 1 aliphatic rings. The average Bonchev–Trinajstić information content (AvgIpc) is 3.82. The van der Waals surface area contributed by atoms with Gasteiger partial charge in [-0.2, -0.15) is 0 Å². The van der Waals surface area contributed by atoms with Crippen molar-refractivity contribution < 1.29 is 0 Å². The Bertz CT molecular complexity index is 3020. The molecule has 1 aliphatic carbocycles. The summed E-state index contributed by atoms with van der Waals surface area (Å²) in [4.78, 5) is 2.45. The lowest BCUT2D eigenvalue weighted by Gasteiger charge is -2.29. The van der Waals surface area contributed by atoms with Crippen LogP contribution in [0.1, 0.15) is 25.0 Å². The minimum Gasteiger partial charge on any atom is -0.310 e. The van der Waals surface area contributed by atoms with Gasteiger partial charge in [-0.25, -0.2) is 0 Å². The molecule has 0 spiro atoms. The van der Waals surface area contributed by atoms with Crippen molar-refractivity contribution in [3.63, 3.8) is 0 Å². The van der Waals surface area contributed by atoms with Crippen LogP contribution in [-0.2, 0) is 5.41 Å². The molecule has 2 aromatic heterocycles.